The third kappa shape index (κ3) is 4.29. The van der Waals surface area contributed by atoms with Crippen LogP contribution in [0, 0.1) is 12.8 Å². The first-order valence-corrected chi connectivity index (χ1v) is 11.9. The van der Waals surface area contributed by atoms with E-state index in [1.54, 1.807) is 12.1 Å². The summed E-state index contributed by atoms with van der Waals surface area (Å²) in [5, 5.41) is 6.88. The Bertz CT molecular complexity index is 1020. The second kappa shape index (κ2) is 8.49. The quantitative estimate of drug-likeness (QED) is 0.690. The van der Waals surface area contributed by atoms with Crippen LogP contribution in [-0.2, 0) is 20.3 Å². The topological polar surface area (TPSA) is 79.8 Å². The number of rotatable bonds is 6. The lowest BCUT2D eigenvalue weighted by Gasteiger charge is -2.43. The molecular formula is C23H29N3O3S. The maximum Gasteiger partial charge on any atom is 0.282 e. The number of ether oxygens (including phenoxy) is 1. The SMILES string of the molecule is CC(=NS(=O)(=O)c1ccc(NC2(c3ccccc3)COC2)c(C)c1)C1CCNCC1. The van der Waals surface area contributed by atoms with Crippen LogP contribution in [0.2, 0.25) is 0 Å². The Labute approximate surface area is 178 Å². The summed E-state index contributed by atoms with van der Waals surface area (Å²) < 4.78 is 35.4. The molecule has 0 saturated carbocycles. The highest BCUT2D eigenvalue weighted by Gasteiger charge is 2.40. The van der Waals surface area contributed by atoms with E-state index in [1.807, 2.05) is 38.1 Å². The zero-order valence-corrected chi connectivity index (χ0v) is 18.3. The molecule has 2 saturated heterocycles. The molecule has 2 heterocycles. The highest BCUT2D eigenvalue weighted by atomic mass is 32.2. The molecule has 2 fully saturated rings. The van der Waals surface area contributed by atoms with E-state index in [0.717, 1.165) is 42.7 Å². The van der Waals surface area contributed by atoms with Crippen LogP contribution in [0.4, 0.5) is 5.69 Å². The molecule has 2 N–H and O–H groups in total. The molecule has 30 heavy (non-hydrogen) atoms. The molecule has 0 atom stereocenters. The van der Waals surface area contributed by atoms with Gasteiger partial charge in [-0.2, -0.15) is 12.8 Å². The molecule has 0 radical (unpaired) electrons. The molecule has 0 unspecified atom stereocenters. The summed E-state index contributed by atoms with van der Waals surface area (Å²) in [7, 11) is -3.72. The van der Waals surface area contributed by atoms with E-state index in [2.05, 4.69) is 27.2 Å². The first-order valence-electron chi connectivity index (χ1n) is 10.4. The average Bonchev–Trinajstić information content (AvgIpc) is 2.72. The third-order valence-electron chi connectivity index (χ3n) is 6.09. The highest BCUT2D eigenvalue weighted by Crippen LogP contribution is 2.35. The molecular weight excluding hydrogens is 398 g/mol. The van der Waals surface area contributed by atoms with Gasteiger partial charge in [0, 0.05) is 17.3 Å². The number of benzene rings is 2. The van der Waals surface area contributed by atoms with Crippen molar-refractivity contribution >= 4 is 21.4 Å². The van der Waals surface area contributed by atoms with E-state index < -0.39 is 10.0 Å². The zero-order chi connectivity index (χ0) is 21.2. The Morgan fingerprint density at radius 2 is 1.83 bits per heavy atom. The summed E-state index contributed by atoms with van der Waals surface area (Å²) in [6.45, 7) is 6.72. The van der Waals surface area contributed by atoms with Gasteiger partial charge in [-0.05, 0) is 69.1 Å². The predicted octanol–water partition coefficient (Wildman–Crippen LogP) is 3.48. The lowest BCUT2D eigenvalue weighted by molar-refractivity contribution is -0.0447. The van der Waals surface area contributed by atoms with Gasteiger partial charge in [0.05, 0.1) is 18.1 Å². The van der Waals surface area contributed by atoms with Crippen LogP contribution < -0.4 is 10.6 Å². The van der Waals surface area contributed by atoms with E-state index in [1.165, 1.54) is 0 Å². The van der Waals surface area contributed by atoms with E-state index >= 15 is 0 Å². The lowest BCUT2D eigenvalue weighted by atomic mass is 9.87. The third-order valence-corrected chi connectivity index (χ3v) is 7.47. The van der Waals surface area contributed by atoms with Crippen LogP contribution in [0.3, 0.4) is 0 Å². The number of hydrogen-bond acceptors (Lipinski definition) is 5. The Balaban J connectivity index is 1.55. The summed E-state index contributed by atoms with van der Waals surface area (Å²) >= 11 is 0. The van der Waals surface area contributed by atoms with Crippen molar-refractivity contribution in [3.05, 3.63) is 59.7 Å². The zero-order valence-electron chi connectivity index (χ0n) is 17.5. The number of aryl methyl sites for hydroxylation is 1. The second-order valence-electron chi connectivity index (χ2n) is 8.27. The molecule has 0 bridgehead atoms. The molecule has 0 aromatic heterocycles. The minimum atomic E-state index is -3.72. The predicted molar refractivity (Wildman–Crippen MR) is 120 cm³/mol. The van der Waals surface area contributed by atoms with Crippen molar-refractivity contribution in [2.24, 2.45) is 10.3 Å². The van der Waals surface area contributed by atoms with Crippen molar-refractivity contribution < 1.29 is 13.2 Å². The Kier molecular flexibility index (Phi) is 5.95. The van der Waals surface area contributed by atoms with Gasteiger partial charge in [0.2, 0.25) is 0 Å². The second-order valence-corrected chi connectivity index (χ2v) is 9.88. The molecule has 2 aromatic carbocycles. The van der Waals surface area contributed by atoms with Gasteiger partial charge in [-0.25, -0.2) is 0 Å². The first-order chi connectivity index (χ1) is 14.4. The van der Waals surface area contributed by atoms with Gasteiger partial charge in [-0.3, -0.25) is 0 Å². The smallest absolute Gasteiger partial charge is 0.282 e. The molecule has 6 nitrogen and oxygen atoms in total. The Morgan fingerprint density at radius 3 is 2.43 bits per heavy atom. The Morgan fingerprint density at radius 1 is 1.13 bits per heavy atom. The largest absolute Gasteiger partial charge is 0.376 e. The van der Waals surface area contributed by atoms with Crippen molar-refractivity contribution in [2.45, 2.75) is 37.1 Å². The van der Waals surface area contributed by atoms with E-state index in [-0.39, 0.29) is 16.4 Å². The molecule has 0 spiro atoms. The molecule has 2 aromatic rings. The highest BCUT2D eigenvalue weighted by molar-refractivity contribution is 7.90. The molecule has 2 aliphatic heterocycles. The van der Waals surface area contributed by atoms with Crippen LogP contribution in [0.25, 0.3) is 0 Å². The minimum Gasteiger partial charge on any atom is -0.376 e. The number of piperidine rings is 1. The van der Waals surface area contributed by atoms with Crippen molar-refractivity contribution in [1.29, 1.82) is 0 Å². The number of nitrogens with one attached hydrogen (secondary N) is 2. The number of sulfonamides is 1. The van der Waals surface area contributed by atoms with Gasteiger partial charge in [-0.15, -0.1) is 0 Å². The van der Waals surface area contributed by atoms with Crippen molar-refractivity contribution in [1.82, 2.24) is 5.32 Å². The van der Waals surface area contributed by atoms with Gasteiger partial charge in [-0.1, -0.05) is 30.3 Å². The average molecular weight is 428 g/mol. The van der Waals surface area contributed by atoms with E-state index in [9.17, 15) is 8.42 Å². The van der Waals surface area contributed by atoms with E-state index in [0.29, 0.717) is 18.9 Å². The maximum atomic E-state index is 12.9. The normalized spacial score (nSPS) is 19.9. The first kappa shape index (κ1) is 21.0. The van der Waals surface area contributed by atoms with Crippen LogP contribution in [0.5, 0.6) is 0 Å². The van der Waals surface area contributed by atoms with Gasteiger partial charge < -0.3 is 15.4 Å². The molecule has 2 aliphatic rings. The summed E-state index contributed by atoms with van der Waals surface area (Å²) in [5.41, 5.74) is 3.35. The fourth-order valence-corrected chi connectivity index (χ4v) is 5.32. The number of hydrogen-bond donors (Lipinski definition) is 2. The molecule has 160 valence electrons. The van der Waals surface area contributed by atoms with Crippen LogP contribution in [0.1, 0.15) is 30.9 Å². The Hall–Kier alpha value is -2.22. The van der Waals surface area contributed by atoms with Crippen molar-refractivity contribution in [3.63, 3.8) is 0 Å². The van der Waals surface area contributed by atoms with Gasteiger partial charge in [0.25, 0.3) is 10.0 Å². The lowest BCUT2D eigenvalue weighted by Crippen LogP contribution is -2.53. The van der Waals surface area contributed by atoms with Crippen molar-refractivity contribution in [3.8, 4) is 0 Å². The molecule has 7 heteroatoms. The molecule has 4 rings (SSSR count). The standard InChI is InChI=1S/C23H29N3O3S/c1-17-14-21(30(27,28)26-18(2)19-10-12-24-13-11-19)8-9-22(17)25-23(15-29-16-23)20-6-4-3-5-7-20/h3-9,14,19,24-25H,10-13,15-16H2,1-2H3. The number of nitrogens with zero attached hydrogens (tertiary/aromatic N) is 1. The summed E-state index contributed by atoms with van der Waals surface area (Å²) in [5.74, 6) is 0.229. The van der Waals surface area contributed by atoms with Crippen molar-refractivity contribution in [2.75, 3.05) is 31.6 Å². The molecule has 0 aliphatic carbocycles. The summed E-state index contributed by atoms with van der Waals surface area (Å²) in [4.78, 5) is 0.234. The van der Waals surface area contributed by atoms with Gasteiger partial charge in [0.1, 0.15) is 5.54 Å². The monoisotopic (exact) mass is 427 g/mol. The van der Waals surface area contributed by atoms with Crippen LogP contribution >= 0.6 is 0 Å². The van der Waals surface area contributed by atoms with E-state index in [4.69, 9.17) is 4.74 Å². The van der Waals surface area contributed by atoms with Gasteiger partial charge in [0.15, 0.2) is 0 Å². The maximum absolute atomic E-state index is 12.9. The van der Waals surface area contributed by atoms with Crippen LogP contribution in [0.15, 0.2) is 57.8 Å². The fourth-order valence-electron chi connectivity index (χ4n) is 4.13. The molecule has 0 amide bonds. The minimum absolute atomic E-state index is 0.229. The van der Waals surface area contributed by atoms with Crippen LogP contribution in [-0.4, -0.2) is 40.4 Å². The number of anilines is 1. The van der Waals surface area contributed by atoms with Gasteiger partial charge >= 0.3 is 0 Å². The summed E-state index contributed by atoms with van der Waals surface area (Å²) in [6, 6.07) is 15.4. The summed E-state index contributed by atoms with van der Waals surface area (Å²) in [6.07, 6.45) is 1.85. The fraction of sp³-hybridized carbons (Fsp3) is 0.435.